The minimum Gasteiger partial charge on any atom is -0.496 e. The van der Waals surface area contributed by atoms with Crippen molar-refractivity contribution < 1.29 is 14.2 Å². The van der Waals surface area contributed by atoms with Gasteiger partial charge in [0.2, 0.25) is 0 Å². The van der Waals surface area contributed by atoms with Gasteiger partial charge in [-0.3, -0.25) is 0 Å². The fourth-order valence-corrected chi connectivity index (χ4v) is 5.56. The molecule has 5 heteroatoms. The average molecular weight is 473 g/mol. The molecule has 35 heavy (non-hydrogen) atoms. The third-order valence-corrected chi connectivity index (χ3v) is 7.79. The van der Waals surface area contributed by atoms with E-state index in [0.29, 0.717) is 36.2 Å². The Kier molecular flexibility index (Phi) is 7.26. The van der Waals surface area contributed by atoms with Crippen LogP contribution in [0.2, 0.25) is 0 Å². The molecule has 5 rings (SSSR count). The van der Waals surface area contributed by atoms with Crippen molar-refractivity contribution in [3.05, 3.63) is 89.5 Å². The van der Waals surface area contributed by atoms with Crippen molar-refractivity contribution in [1.82, 2.24) is 5.32 Å². The summed E-state index contributed by atoms with van der Waals surface area (Å²) in [7, 11) is 3.38. The summed E-state index contributed by atoms with van der Waals surface area (Å²) >= 11 is 0. The van der Waals surface area contributed by atoms with Crippen molar-refractivity contribution in [2.75, 3.05) is 20.8 Å². The molecule has 2 unspecified atom stereocenters. The van der Waals surface area contributed by atoms with Crippen LogP contribution in [-0.2, 0) is 6.54 Å². The lowest BCUT2D eigenvalue weighted by molar-refractivity contribution is 0.104. The molecular weight excluding hydrogens is 436 g/mol. The van der Waals surface area contributed by atoms with Crippen LogP contribution in [0.4, 0.5) is 0 Å². The van der Waals surface area contributed by atoms with Gasteiger partial charge in [0, 0.05) is 48.0 Å². The summed E-state index contributed by atoms with van der Waals surface area (Å²) in [5.74, 6) is 3.44. The molecule has 0 radical (unpaired) electrons. The second-order valence-corrected chi connectivity index (χ2v) is 9.81. The van der Waals surface area contributed by atoms with Crippen LogP contribution in [0, 0.1) is 5.92 Å². The van der Waals surface area contributed by atoms with E-state index >= 15 is 0 Å². The lowest BCUT2D eigenvalue weighted by atomic mass is 9.66. The molecule has 2 saturated carbocycles. The monoisotopic (exact) mass is 472 g/mol. The molecule has 2 fully saturated rings. The number of ether oxygens (including phenoxy) is 3. The van der Waals surface area contributed by atoms with Crippen LogP contribution in [0.5, 0.6) is 17.2 Å². The highest BCUT2D eigenvalue weighted by molar-refractivity contribution is 5.53. The van der Waals surface area contributed by atoms with Gasteiger partial charge < -0.3 is 25.3 Å². The Bertz CT molecular complexity index is 1110. The van der Waals surface area contributed by atoms with E-state index in [0.717, 1.165) is 42.9 Å². The first-order valence-corrected chi connectivity index (χ1v) is 12.6. The van der Waals surface area contributed by atoms with Crippen LogP contribution >= 0.6 is 0 Å². The number of nitrogens with one attached hydrogen (secondary N) is 1. The van der Waals surface area contributed by atoms with Crippen LogP contribution < -0.4 is 25.3 Å². The summed E-state index contributed by atoms with van der Waals surface area (Å²) in [6.07, 6.45) is 3.20. The zero-order valence-electron chi connectivity index (χ0n) is 20.7. The molecule has 0 aliphatic heterocycles. The zero-order chi connectivity index (χ0) is 24.2. The fourth-order valence-electron chi connectivity index (χ4n) is 5.56. The number of hydrogen-bond donors (Lipinski definition) is 2. The predicted octanol–water partition coefficient (Wildman–Crippen LogP) is 5.25. The standard InChI is InChI=1S/C30H36N2O3/c1-33-27-17-28(34-2)29(16-24(27)23-13-14-25(23)31)35-19-22-15-26(30(22)21-11-7-4-8-12-21)32-18-20-9-5-3-6-10-20/h3-12,16-17,22-23,25-26,30,32H,13-15,18-19,31H2,1-2H3/t22?,23?,25-,26-,30+/m1/s1. The highest BCUT2D eigenvalue weighted by Gasteiger charge is 2.42. The molecule has 5 nitrogen and oxygen atoms in total. The highest BCUT2D eigenvalue weighted by atomic mass is 16.5. The Labute approximate surface area is 208 Å². The van der Waals surface area contributed by atoms with Gasteiger partial charge in [-0.2, -0.15) is 0 Å². The molecule has 0 heterocycles. The van der Waals surface area contributed by atoms with Gasteiger partial charge in [-0.1, -0.05) is 60.7 Å². The van der Waals surface area contributed by atoms with Gasteiger partial charge >= 0.3 is 0 Å². The average Bonchev–Trinajstić information content (AvgIpc) is 2.88. The zero-order valence-corrected chi connectivity index (χ0v) is 20.7. The van der Waals surface area contributed by atoms with Crippen molar-refractivity contribution in [3.63, 3.8) is 0 Å². The third kappa shape index (κ3) is 5.02. The first-order valence-electron chi connectivity index (χ1n) is 12.6. The molecule has 0 bridgehead atoms. The number of nitrogens with two attached hydrogens (primary N) is 1. The molecule has 184 valence electrons. The lowest BCUT2D eigenvalue weighted by Gasteiger charge is -2.45. The summed E-state index contributed by atoms with van der Waals surface area (Å²) in [6, 6.07) is 26.0. The Morgan fingerprint density at radius 3 is 2.20 bits per heavy atom. The van der Waals surface area contributed by atoms with Gasteiger partial charge in [0.1, 0.15) is 5.75 Å². The molecule has 0 saturated heterocycles. The van der Waals surface area contributed by atoms with E-state index in [1.165, 1.54) is 11.1 Å². The molecule has 2 aliphatic rings. The summed E-state index contributed by atoms with van der Waals surface area (Å²) in [5.41, 5.74) is 10.1. The van der Waals surface area contributed by atoms with E-state index in [9.17, 15) is 0 Å². The third-order valence-electron chi connectivity index (χ3n) is 7.79. The summed E-state index contributed by atoms with van der Waals surface area (Å²) < 4.78 is 17.8. The Hall–Kier alpha value is -3.02. The molecule has 0 spiro atoms. The summed E-state index contributed by atoms with van der Waals surface area (Å²) in [4.78, 5) is 0. The molecule has 5 atom stereocenters. The quantitative estimate of drug-likeness (QED) is 0.422. The number of rotatable bonds is 10. The number of methoxy groups -OCH3 is 2. The Morgan fingerprint density at radius 1 is 0.857 bits per heavy atom. The van der Waals surface area contributed by atoms with Crippen molar-refractivity contribution in [2.45, 2.75) is 49.7 Å². The van der Waals surface area contributed by atoms with Gasteiger partial charge in [-0.25, -0.2) is 0 Å². The topological polar surface area (TPSA) is 65.7 Å². The first-order chi connectivity index (χ1) is 17.2. The van der Waals surface area contributed by atoms with E-state index < -0.39 is 0 Å². The maximum absolute atomic E-state index is 6.44. The van der Waals surface area contributed by atoms with Crippen molar-refractivity contribution in [3.8, 4) is 17.2 Å². The molecule has 0 amide bonds. The van der Waals surface area contributed by atoms with Gasteiger partial charge in [0.25, 0.3) is 0 Å². The largest absolute Gasteiger partial charge is 0.496 e. The second-order valence-electron chi connectivity index (χ2n) is 9.81. The van der Waals surface area contributed by atoms with Gasteiger partial charge in [0.15, 0.2) is 11.5 Å². The normalized spacial score (nSPS) is 25.3. The number of hydrogen-bond acceptors (Lipinski definition) is 5. The van der Waals surface area contributed by atoms with Crippen LogP contribution in [0.1, 0.15) is 47.8 Å². The number of benzene rings is 3. The van der Waals surface area contributed by atoms with Crippen molar-refractivity contribution in [2.24, 2.45) is 11.7 Å². The van der Waals surface area contributed by atoms with Gasteiger partial charge in [-0.05, 0) is 36.5 Å². The summed E-state index contributed by atoms with van der Waals surface area (Å²) in [6.45, 7) is 1.52. The molecule has 3 N–H and O–H groups in total. The first kappa shape index (κ1) is 23.7. The fraction of sp³-hybridized carbons (Fsp3) is 0.400. The molecule has 3 aromatic carbocycles. The van der Waals surface area contributed by atoms with Crippen molar-refractivity contribution in [1.29, 1.82) is 0 Å². The van der Waals surface area contributed by atoms with E-state index in [4.69, 9.17) is 19.9 Å². The van der Waals surface area contributed by atoms with E-state index in [1.807, 2.05) is 6.07 Å². The SMILES string of the molecule is COc1cc(OC)c(C2CC[C@H]2N)cc1OCC1C[C@@H](NCc2ccccc2)[C@H]1c1ccccc1. The van der Waals surface area contributed by atoms with Crippen LogP contribution in [-0.4, -0.2) is 32.9 Å². The summed E-state index contributed by atoms with van der Waals surface area (Å²) in [5, 5.41) is 3.78. The van der Waals surface area contributed by atoms with Gasteiger partial charge in [0.05, 0.1) is 20.8 Å². The molecule has 3 aromatic rings. The minimum absolute atomic E-state index is 0.177. The molecule has 2 aliphatic carbocycles. The lowest BCUT2D eigenvalue weighted by Crippen LogP contribution is -2.50. The molecule has 0 aromatic heterocycles. The maximum atomic E-state index is 6.44. The Morgan fingerprint density at radius 2 is 1.57 bits per heavy atom. The van der Waals surface area contributed by atoms with E-state index in [-0.39, 0.29) is 6.04 Å². The smallest absolute Gasteiger partial charge is 0.164 e. The Balaban J connectivity index is 1.30. The molecular formula is C30H36N2O3. The second kappa shape index (κ2) is 10.7. The van der Waals surface area contributed by atoms with E-state index in [1.54, 1.807) is 14.2 Å². The highest BCUT2D eigenvalue weighted by Crippen LogP contribution is 2.47. The van der Waals surface area contributed by atoms with Crippen LogP contribution in [0.3, 0.4) is 0 Å². The minimum atomic E-state index is 0.177. The maximum Gasteiger partial charge on any atom is 0.164 e. The van der Waals surface area contributed by atoms with E-state index in [2.05, 4.69) is 72.0 Å². The van der Waals surface area contributed by atoms with Crippen molar-refractivity contribution >= 4 is 0 Å². The predicted molar refractivity (Wildman–Crippen MR) is 139 cm³/mol. The van der Waals surface area contributed by atoms with Gasteiger partial charge in [-0.15, -0.1) is 0 Å². The van der Waals surface area contributed by atoms with Crippen LogP contribution in [0.15, 0.2) is 72.8 Å². The van der Waals surface area contributed by atoms with Crippen LogP contribution in [0.25, 0.3) is 0 Å².